The van der Waals surface area contributed by atoms with Crippen molar-refractivity contribution in [3.05, 3.63) is 41.2 Å². The molecule has 166 valence electrons. The van der Waals surface area contributed by atoms with Gasteiger partial charge in [-0.1, -0.05) is 29.8 Å². The van der Waals surface area contributed by atoms with Gasteiger partial charge in [-0.05, 0) is 12.1 Å². The lowest BCUT2D eigenvalue weighted by Gasteiger charge is -2.29. The van der Waals surface area contributed by atoms with Crippen LogP contribution in [0.5, 0.6) is 0 Å². The molecular formula is C17H25BrClN7O3S. The van der Waals surface area contributed by atoms with Gasteiger partial charge in [-0.15, -0.1) is 0 Å². The number of hydrogen-bond donors (Lipinski definition) is 4. The van der Waals surface area contributed by atoms with Gasteiger partial charge in [0.2, 0.25) is 10.0 Å². The highest BCUT2D eigenvalue weighted by Crippen LogP contribution is 2.17. The molecular weight excluding hydrogens is 498 g/mol. The molecule has 0 fully saturated rings. The molecule has 0 spiro atoms. The van der Waals surface area contributed by atoms with Crippen LogP contribution >= 0.6 is 11.6 Å². The first-order valence-electron chi connectivity index (χ1n) is 8.75. The van der Waals surface area contributed by atoms with E-state index in [4.69, 9.17) is 23.1 Å². The minimum absolute atomic E-state index is 0. The summed E-state index contributed by atoms with van der Waals surface area (Å²) in [6.07, 6.45) is 0. The number of nitrogen functional groups attached to an aromatic ring is 2. The predicted octanol–water partition coefficient (Wildman–Crippen LogP) is -2.92. The minimum Gasteiger partial charge on any atom is -1.00 e. The molecule has 10 nitrogen and oxygen atoms in total. The number of amides is 1. The number of quaternary nitrogens is 1. The number of rotatable bonds is 9. The van der Waals surface area contributed by atoms with E-state index in [9.17, 15) is 13.2 Å². The van der Waals surface area contributed by atoms with Gasteiger partial charge in [-0.3, -0.25) is 4.79 Å². The third-order valence-corrected chi connectivity index (χ3v) is 5.94. The summed E-state index contributed by atoms with van der Waals surface area (Å²) in [5.74, 6) is -0.661. The van der Waals surface area contributed by atoms with Crippen LogP contribution in [0.25, 0.3) is 0 Å². The molecule has 1 heterocycles. The topological polar surface area (TPSA) is 153 Å². The molecule has 0 bridgehead atoms. The number of likely N-dealkylation sites (N-methyl/N-ethyl adjacent to an activating group) is 1. The van der Waals surface area contributed by atoms with Crippen LogP contribution in [0, 0.1) is 0 Å². The second-order valence-electron chi connectivity index (χ2n) is 6.98. The summed E-state index contributed by atoms with van der Waals surface area (Å²) in [4.78, 5) is 20.1. The van der Waals surface area contributed by atoms with Gasteiger partial charge in [0.1, 0.15) is 0 Å². The van der Waals surface area contributed by atoms with Crippen LogP contribution < -0.4 is 38.5 Å². The summed E-state index contributed by atoms with van der Waals surface area (Å²) in [6, 6.07) is 8.17. The van der Waals surface area contributed by atoms with Crippen molar-refractivity contribution >= 4 is 39.2 Å². The Balaban J connectivity index is 0.00000450. The maximum absolute atomic E-state index is 12.2. The summed E-state index contributed by atoms with van der Waals surface area (Å²) in [5, 5.41) is 2.61. The van der Waals surface area contributed by atoms with Gasteiger partial charge >= 0.3 is 0 Å². The van der Waals surface area contributed by atoms with E-state index < -0.39 is 15.9 Å². The van der Waals surface area contributed by atoms with Crippen molar-refractivity contribution in [2.45, 2.75) is 4.90 Å². The molecule has 0 aliphatic rings. The van der Waals surface area contributed by atoms with Gasteiger partial charge in [0.25, 0.3) is 5.91 Å². The number of anilines is 2. The van der Waals surface area contributed by atoms with Crippen molar-refractivity contribution in [1.29, 1.82) is 0 Å². The lowest BCUT2D eigenvalue weighted by molar-refractivity contribution is -0.887. The molecule has 2 rings (SSSR count). The quantitative estimate of drug-likeness (QED) is 0.257. The summed E-state index contributed by atoms with van der Waals surface area (Å²) < 4.78 is 27.5. The van der Waals surface area contributed by atoms with Crippen molar-refractivity contribution < 1.29 is 34.7 Å². The lowest BCUT2D eigenvalue weighted by atomic mass is 10.3. The smallest absolute Gasteiger partial charge is 0.273 e. The number of benzene rings is 1. The summed E-state index contributed by atoms with van der Waals surface area (Å²) in [7, 11) is 0.309. The number of carbonyl (C=O) groups is 1. The summed E-state index contributed by atoms with van der Waals surface area (Å²) in [5.41, 5.74) is 11.1. The van der Waals surface area contributed by atoms with Gasteiger partial charge in [0.15, 0.2) is 22.5 Å². The van der Waals surface area contributed by atoms with E-state index in [2.05, 4.69) is 20.0 Å². The van der Waals surface area contributed by atoms with Gasteiger partial charge in [-0.25, -0.2) is 23.1 Å². The van der Waals surface area contributed by atoms with Crippen LogP contribution in [-0.2, 0) is 10.0 Å². The summed E-state index contributed by atoms with van der Waals surface area (Å²) in [6.45, 7) is 1.65. The fourth-order valence-corrected chi connectivity index (χ4v) is 3.61. The van der Waals surface area contributed by atoms with Gasteiger partial charge in [-0.2, -0.15) is 0 Å². The van der Waals surface area contributed by atoms with E-state index in [1.165, 1.54) is 12.1 Å². The van der Waals surface area contributed by atoms with Crippen molar-refractivity contribution in [2.75, 3.05) is 51.7 Å². The van der Waals surface area contributed by atoms with Crippen molar-refractivity contribution in [3.8, 4) is 0 Å². The van der Waals surface area contributed by atoms with E-state index in [-0.39, 0.29) is 50.9 Å². The largest absolute Gasteiger partial charge is 1.00 e. The molecule has 13 heteroatoms. The Morgan fingerprint density at radius 1 is 1.07 bits per heavy atom. The Morgan fingerprint density at radius 2 is 1.67 bits per heavy atom. The number of nitrogens with two attached hydrogens (primary N) is 2. The van der Waals surface area contributed by atoms with E-state index in [0.717, 1.165) is 0 Å². The number of carbonyl (C=O) groups excluding carboxylic acids is 1. The Morgan fingerprint density at radius 3 is 2.30 bits per heavy atom. The first kappa shape index (κ1) is 26.0. The molecule has 30 heavy (non-hydrogen) atoms. The average molecular weight is 523 g/mol. The van der Waals surface area contributed by atoms with Gasteiger partial charge < -0.3 is 38.2 Å². The number of halogens is 2. The van der Waals surface area contributed by atoms with E-state index in [0.29, 0.717) is 24.1 Å². The molecule has 1 amide bonds. The molecule has 0 unspecified atom stereocenters. The van der Waals surface area contributed by atoms with Crippen molar-refractivity contribution in [3.63, 3.8) is 0 Å². The van der Waals surface area contributed by atoms with Crippen LogP contribution in [0.1, 0.15) is 10.5 Å². The standard InChI is InChI=1S/C17H24ClN7O3S.BrH/c1-25(2,11-9-22-29(27,28)12-6-4-3-5-7-12)10-8-21-17(26)13-15(19)24-16(20)14(18)23-13;/h3-7,22H,8-11H2,1-2H3,(H4-,19,20,21,24,26);1H. The van der Waals surface area contributed by atoms with Crippen LogP contribution in [0.2, 0.25) is 5.15 Å². The van der Waals surface area contributed by atoms with E-state index in [1.54, 1.807) is 18.2 Å². The fraction of sp³-hybridized carbons (Fsp3) is 0.353. The number of hydrogen-bond acceptors (Lipinski definition) is 7. The second kappa shape index (κ2) is 10.9. The zero-order valence-electron chi connectivity index (χ0n) is 16.6. The molecule has 0 atom stereocenters. The van der Waals surface area contributed by atoms with Crippen LogP contribution in [0.15, 0.2) is 35.2 Å². The maximum Gasteiger partial charge on any atom is 0.273 e. The van der Waals surface area contributed by atoms with Crippen LogP contribution in [0.3, 0.4) is 0 Å². The van der Waals surface area contributed by atoms with E-state index in [1.807, 2.05) is 14.1 Å². The predicted molar refractivity (Wildman–Crippen MR) is 112 cm³/mol. The minimum atomic E-state index is -3.55. The second-order valence-corrected chi connectivity index (χ2v) is 9.11. The fourth-order valence-electron chi connectivity index (χ4n) is 2.44. The molecule has 1 aromatic carbocycles. The normalized spacial score (nSPS) is 11.6. The lowest BCUT2D eigenvalue weighted by Crippen LogP contribution is -3.00. The van der Waals surface area contributed by atoms with E-state index >= 15 is 0 Å². The Kier molecular flexibility index (Phi) is 9.43. The van der Waals surface area contributed by atoms with Crippen LogP contribution in [-0.4, -0.2) is 69.1 Å². The SMILES string of the molecule is C[N+](C)(CCNC(=O)c1nc(Cl)c(N)nc1N)CCNS(=O)(=O)c1ccccc1.[Br-]. The highest BCUT2D eigenvalue weighted by Gasteiger charge is 2.20. The number of nitrogens with one attached hydrogen (secondary N) is 2. The maximum atomic E-state index is 12.2. The first-order valence-corrected chi connectivity index (χ1v) is 10.6. The Labute approximate surface area is 191 Å². The molecule has 0 saturated heterocycles. The zero-order valence-corrected chi connectivity index (χ0v) is 19.8. The monoisotopic (exact) mass is 521 g/mol. The number of aromatic nitrogens is 2. The Bertz CT molecular complexity index is 975. The number of sulfonamides is 1. The van der Waals surface area contributed by atoms with Gasteiger partial charge in [0.05, 0.1) is 45.2 Å². The van der Waals surface area contributed by atoms with Crippen molar-refractivity contribution in [1.82, 2.24) is 20.0 Å². The average Bonchev–Trinajstić information content (AvgIpc) is 2.64. The zero-order chi connectivity index (χ0) is 21.7. The van der Waals surface area contributed by atoms with Crippen LogP contribution in [0.4, 0.5) is 11.6 Å². The Hall–Kier alpha value is -1.99. The molecule has 0 aliphatic carbocycles. The molecule has 0 radical (unpaired) electrons. The van der Waals surface area contributed by atoms with Crippen molar-refractivity contribution in [2.24, 2.45) is 0 Å². The highest BCUT2D eigenvalue weighted by atomic mass is 79.9. The molecule has 0 saturated carbocycles. The third kappa shape index (κ3) is 7.36. The molecule has 1 aromatic heterocycles. The molecule has 6 N–H and O–H groups in total. The summed E-state index contributed by atoms with van der Waals surface area (Å²) >= 11 is 5.78. The number of nitrogens with zero attached hydrogens (tertiary/aromatic N) is 3. The molecule has 0 aliphatic heterocycles. The molecule has 2 aromatic rings. The third-order valence-electron chi connectivity index (χ3n) is 4.19. The highest BCUT2D eigenvalue weighted by molar-refractivity contribution is 7.89. The first-order chi connectivity index (χ1) is 13.5. The van der Waals surface area contributed by atoms with Gasteiger partial charge in [0, 0.05) is 0 Å².